The van der Waals surface area contributed by atoms with Crippen molar-refractivity contribution in [1.82, 2.24) is 9.97 Å². The molecule has 1 aromatic carbocycles. The van der Waals surface area contributed by atoms with Crippen LogP contribution in [0.1, 0.15) is 30.6 Å². The zero-order valence-corrected chi connectivity index (χ0v) is 16.6. The fourth-order valence-corrected chi connectivity index (χ4v) is 3.03. The van der Waals surface area contributed by atoms with E-state index in [9.17, 15) is 14.0 Å². The van der Waals surface area contributed by atoms with Crippen LogP contribution in [0.4, 0.5) is 21.7 Å². The molecule has 156 valence electrons. The number of carbonyl (C=O) groups is 2. The van der Waals surface area contributed by atoms with Crippen LogP contribution in [0.3, 0.4) is 0 Å². The molecule has 0 spiro atoms. The molecule has 8 nitrogen and oxygen atoms in total. The summed E-state index contributed by atoms with van der Waals surface area (Å²) >= 11 is 0. The summed E-state index contributed by atoms with van der Waals surface area (Å²) in [6, 6.07) is 9.47. The van der Waals surface area contributed by atoms with Crippen molar-refractivity contribution in [3.8, 4) is 0 Å². The van der Waals surface area contributed by atoms with Crippen molar-refractivity contribution < 1.29 is 14.0 Å². The summed E-state index contributed by atoms with van der Waals surface area (Å²) in [7, 11) is 0. The van der Waals surface area contributed by atoms with Crippen LogP contribution in [-0.2, 0) is 4.79 Å². The molecule has 1 atom stereocenters. The van der Waals surface area contributed by atoms with Crippen LogP contribution >= 0.6 is 0 Å². The molecule has 0 aliphatic carbocycles. The van der Waals surface area contributed by atoms with E-state index in [1.165, 1.54) is 0 Å². The van der Waals surface area contributed by atoms with Crippen molar-refractivity contribution in [3.05, 3.63) is 54.0 Å². The summed E-state index contributed by atoms with van der Waals surface area (Å²) in [5.74, 6) is -2.32. The van der Waals surface area contributed by atoms with E-state index in [2.05, 4.69) is 20.6 Å². The van der Waals surface area contributed by atoms with Crippen molar-refractivity contribution in [1.29, 1.82) is 0 Å². The van der Waals surface area contributed by atoms with Crippen molar-refractivity contribution >= 4 is 40.0 Å². The molecule has 9 heteroatoms. The van der Waals surface area contributed by atoms with Gasteiger partial charge in [-0.25, -0.2) is 9.37 Å². The van der Waals surface area contributed by atoms with Crippen LogP contribution in [0.5, 0.6) is 0 Å². The van der Waals surface area contributed by atoms with Crippen LogP contribution in [0, 0.1) is 11.7 Å². The molecule has 0 saturated heterocycles. The lowest BCUT2D eigenvalue weighted by molar-refractivity contribution is -0.119. The van der Waals surface area contributed by atoms with E-state index in [1.54, 1.807) is 6.20 Å². The number of halogens is 1. The van der Waals surface area contributed by atoms with E-state index >= 15 is 0 Å². The average molecular weight is 410 g/mol. The first-order valence-corrected chi connectivity index (χ1v) is 9.42. The maximum Gasteiger partial charge on any atom is 0.252 e. The zero-order chi connectivity index (χ0) is 21.8. The predicted molar refractivity (Wildman–Crippen MR) is 114 cm³/mol. The number of carbonyl (C=O) groups excluding carboxylic acids is 2. The van der Waals surface area contributed by atoms with Crippen LogP contribution in [0.25, 0.3) is 10.9 Å². The van der Waals surface area contributed by atoms with Gasteiger partial charge in [0, 0.05) is 5.39 Å². The quantitative estimate of drug-likeness (QED) is 0.451. The maximum absolute atomic E-state index is 14.6. The second kappa shape index (κ2) is 8.73. The SMILES string of the molecule is CC(C)C[C@@H](Nc1nc(Nc2cnc3ccccc3c2)c(C(N)=O)cc1F)C(N)=O. The number of rotatable bonds is 8. The van der Waals surface area contributed by atoms with Gasteiger partial charge in [0.1, 0.15) is 11.9 Å². The van der Waals surface area contributed by atoms with Crippen molar-refractivity contribution in [2.75, 3.05) is 10.6 Å². The third kappa shape index (κ3) is 4.80. The molecule has 2 heterocycles. The van der Waals surface area contributed by atoms with Gasteiger partial charge in [0.2, 0.25) is 5.91 Å². The highest BCUT2D eigenvalue weighted by Gasteiger charge is 2.22. The van der Waals surface area contributed by atoms with E-state index in [1.807, 2.05) is 44.2 Å². The van der Waals surface area contributed by atoms with Gasteiger partial charge in [-0.05, 0) is 30.5 Å². The smallest absolute Gasteiger partial charge is 0.252 e. The number of nitrogens with one attached hydrogen (secondary N) is 2. The van der Waals surface area contributed by atoms with E-state index in [0.29, 0.717) is 12.1 Å². The third-order valence-corrected chi connectivity index (χ3v) is 4.46. The van der Waals surface area contributed by atoms with Crippen molar-refractivity contribution in [3.63, 3.8) is 0 Å². The van der Waals surface area contributed by atoms with Gasteiger partial charge in [0.05, 0.1) is 23.0 Å². The summed E-state index contributed by atoms with van der Waals surface area (Å²) < 4.78 is 14.6. The Balaban J connectivity index is 1.98. The highest BCUT2D eigenvalue weighted by Crippen LogP contribution is 2.26. The Labute approximate surface area is 172 Å². The minimum atomic E-state index is -0.849. The first kappa shape index (κ1) is 21.0. The van der Waals surface area contributed by atoms with Crippen LogP contribution in [-0.4, -0.2) is 27.8 Å². The van der Waals surface area contributed by atoms with Gasteiger partial charge in [-0.1, -0.05) is 32.0 Å². The van der Waals surface area contributed by atoms with Crippen LogP contribution in [0.15, 0.2) is 42.6 Å². The Kier molecular flexibility index (Phi) is 6.10. The number of amides is 2. The van der Waals surface area contributed by atoms with Crippen LogP contribution < -0.4 is 22.1 Å². The fraction of sp³-hybridized carbons (Fsp3) is 0.238. The van der Waals surface area contributed by atoms with E-state index in [0.717, 1.165) is 17.0 Å². The first-order valence-electron chi connectivity index (χ1n) is 9.42. The van der Waals surface area contributed by atoms with E-state index < -0.39 is 23.7 Å². The van der Waals surface area contributed by atoms with Gasteiger partial charge in [-0.15, -0.1) is 0 Å². The highest BCUT2D eigenvalue weighted by atomic mass is 19.1. The standard InChI is InChI=1S/C21H23FN6O2/c1-11(2)7-17(19(24)30)27-21-15(22)9-14(18(23)29)20(28-21)26-13-8-12-5-3-4-6-16(12)25-10-13/h3-6,8-11,17H,7H2,1-2H3,(H2,23,29)(H2,24,30)(H2,26,27,28)/t17-/m1/s1. The molecule has 0 aliphatic rings. The Hall–Kier alpha value is -3.75. The number of para-hydroxylation sites is 1. The number of pyridine rings is 2. The fourth-order valence-electron chi connectivity index (χ4n) is 3.03. The predicted octanol–water partition coefficient (Wildman–Crippen LogP) is 2.92. The van der Waals surface area contributed by atoms with Gasteiger partial charge >= 0.3 is 0 Å². The molecule has 0 bridgehead atoms. The Bertz CT molecular complexity index is 1100. The number of fused-ring (bicyclic) bond motifs is 1. The lowest BCUT2D eigenvalue weighted by atomic mass is 10.0. The summed E-state index contributed by atoms with van der Waals surface area (Å²) in [4.78, 5) is 32.1. The molecule has 3 rings (SSSR count). The Morgan fingerprint density at radius 3 is 2.53 bits per heavy atom. The second-order valence-corrected chi connectivity index (χ2v) is 7.35. The summed E-state index contributed by atoms with van der Waals surface area (Å²) in [6.45, 7) is 3.83. The highest BCUT2D eigenvalue weighted by molar-refractivity contribution is 5.99. The Morgan fingerprint density at radius 2 is 1.87 bits per heavy atom. The topological polar surface area (TPSA) is 136 Å². The molecular weight excluding hydrogens is 387 g/mol. The third-order valence-electron chi connectivity index (χ3n) is 4.46. The lowest BCUT2D eigenvalue weighted by Gasteiger charge is -2.19. The van der Waals surface area contributed by atoms with E-state index in [4.69, 9.17) is 11.5 Å². The molecule has 0 unspecified atom stereocenters. The van der Waals surface area contributed by atoms with Gasteiger partial charge in [-0.2, -0.15) is 0 Å². The minimum absolute atomic E-state index is 0.0382. The molecular formula is C21H23FN6O2. The minimum Gasteiger partial charge on any atom is -0.368 e. The average Bonchev–Trinajstić information content (AvgIpc) is 2.69. The van der Waals surface area contributed by atoms with E-state index in [-0.39, 0.29) is 23.1 Å². The normalized spacial score (nSPS) is 12.0. The zero-order valence-electron chi connectivity index (χ0n) is 16.6. The number of hydrogen-bond acceptors (Lipinski definition) is 6. The summed E-state index contributed by atoms with van der Waals surface area (Å²) in [6.07, 6.45) is 1.96. The van der Waals surface area contributed by atoms with Gasteiger partial charge in [0.25, 0.3) is 5.91 Å². The number of anilines is 3. The monoisotopic (exact) mass is 410 g/mol. The van der Waals surface area contributed by atoms with Crippen molar-refractivity contribution in [2.45, 2.75) is 26.3 Å². The van der Waals surface area contributed by atoms with Gasteiger partial charge in [0.15, 0.2) is 11.6 Å². The largest absolute Gasteiger partial charge is 0.368 e. The summed E-state index contributed by atoms with van der Waals surface area (Å²) in [5.41, 5.74) is 12.0. The lowest BCUT2D eigenvalue weighted by Crippen LogP contribution is -2.37. The van der Waals surface area contributed by atoms with Crippen LogP contribution in [0.2, 0.25) is 0 Å². The molecule has 30 heavy (non-hydrogen) atoms. The van der Waals surface area contributed by atoms with Gasteiger partial charge < -0.3 is 22.1 Å². The maximum atomic E-state index is 14.6. The molecule has 0 fully saturated rings. The number of benzene rings is 1. The summed E-state index contributed by atoms with van der Waals surface area (Å²) in [5, 5.41) is 6.56. The number of nitrogens with two attached hydrogens (primary N) is 2. The first-order chi connectivity index (χ1) is 14.2. The number of aromatic nitrogens is 2. The number of primary amides is 2. The Morgan fingerprint density at radius 1 is 1.13 bits per heavy atom. The number of hydrogen-bond donors (Lipinski definition) is 4. The molecule has 3 aromatic rings. The molecule has 2 aromatic heterocycles. The van der Waals surface area contributed by atoms with Gasteiger partial charge in [-0.3, -0.25) is 14.6 Å². The molecule has 0 saturated carbocycles. The van der Waals surface area contributed by atoms with Crippen molar-refractivity contribution in [2.24, 2.45) is 17.4 Å². The number of nitrogens with zero attached hydrogens (tertiary/aromatic N) is 2. The molecule has 2 amide bonds. The molecule has 0 aliphatic heterocycles. The molecule has 0 radical (unpaired) electrons. The second-order valence-electron chi connectivity index (χ2n) is 7.35. The molecule has 6 N–H and O–H groups in total.